The second-order valence-corrected chi connectivity index (χ2v) is 7.86. The molecule has 1 amide bonds. The molecule has 3 heterocycles. The summed E-state index contributed by atoms with van der Waals surface area (Å²) in [7, 11) is 1.85. The average molecular weight is 398 g/mol. The maximum atomic E-state index is 12.6. The molecule has 1 saturated heterocycles. The largest absolute Gasteiger partial charge is 0.486 e. The van der Waals surface area contributed by atoms with E-state index in [0.717, 1.165) is 28.6 Å². The van der Waals surface area contributed by atoms with Gasteiger partial charge in [0.2, 0.25) is 5.91 Å². The van der Waals surface area contributed by atoms with E-state index < -0.39 is 0 Å². The van der Waals surface area contributed by atoms with Gasteiger partial charge in [-0.25, -0.2) is 4.98 Å². The molecule has 1 aliphatic rings. The lowest BCUT2D eigenvalue weighted by atomic mass is 10.2. The van der Waals surface area contributed by atoms with Crippen LogP contribution >= 0.6 is 11.3 Å². The summed E-state index contributed by atoms with van der Waals surface area (Å²) >= 11 is 1.57. The first kappa shape index (κ1) is 18.6. The minimum absolute atomic E-state index is 0.0890. The van der Waals surface area contributed by atoms with Crippen LogP contribution in [-0.4, -0.2) is 33.3 Å². The van der Waals surface area contributed by atoms with E-state index in [2.05, 4.69) is 22.3 Å². The molecule has 1 aliphatic heterocycles. The monoisotopic (exact) mass is 397 g/mol. The molecule has 0 spiro atoms. The fraction of sp³-hybridized carbons (Fsp3) is 0.350. The smallest absolute Gasteiger partial charge is 0.244 e. The van der Waals surface area contributed by atoms with Crippen molar-refractivity contribution in [1.82, 2.24) is 20.1 Å². The van der Waals surface area contributed by atoms with E-state index in [1.54, 1.807) is 27.1 Å². The number of benzene rings is 1. The molecule has 1 N–H and O–H groups in total. The first-order chi connectivity index (χ1) is 13.6. The summed E-state index contributed by atoms with van der Waals surface area (Å²) in [5, 5.41) is 10.4. The fourth-order valence-electron chi connectivity index (χ4n) is 3.18. The third kappa shape index (κ3) is 4.23. The van der Waals surface area contributed by atoms with Gasteiger partial charge in [-0.3, -0.25) is 9.48 Å². The summed E-state index contributed by atoms with van der Waals surface area (Å²) in [6, 6.07) is 7.80. The van der Waals surface area contributed by atoms with Crippen LogP contribution in [-0.2, 0) is 25.0 Å². The first-order valence-electron chi connectivity index (χ1n) is 9.24. The minimum atomic E-state index is -0.186. The van der Waals surface area contributed by atoms with Gasteiger partial charge in [0, 0.05) is 31.7 Å². The maximum absolute atomic E-state index is 12.6. The van der Waals surface area contributed by atoms with Gasteiger partial charge in [0.25, 0.3) is 0 Å². The normalized spacial score (nSPS) is 16.7. The minimum Gasteiger partial charge on any atom is -0.486 e. The molecule has 1 atom stereocenters. The summed E-state index contributed by atoms with van der Waals surface area (Å²) in [5.41, 5.74) is 2.99. The lowest BCUT2D eigenvalue weighted by Crippen LogP contribution is -2.37. The van der Waals surface area contributed by atoms with Crippen LogP contribution in [0.4, 0.5) is 5.69 Å². The first-order valence-corrected chi connectivity index (χ1v) is 10.1. The number of hydrogen-bond donors (Lipinski definition) is 1. The predicted octanol–water partition coefficient (Wildman–Crippen LogP) is 2.66. The van der Waals surface area contributed by atoms with E-state index in [1.807, 2.05) is 42.9 Å². The van der Waals surface area contributed by atoms with Gasteiger partial charge in [-0.05, 0) is 25.5 Å². The van der Waals surface area contributed by atoms with Crippen molar-refractivity contribution >= 4 is 22.9 Å². The van der Waals surface area contributed by atoms with Gasteiger partial charge in [0.05, 0.1) is 23.6 Å². The molecule has 4 rings (SSSR count). The molecule has 0 radical (unpaired) electrons. The van der Waals surface area contributed by atoms with Crippen molar-refractivity contribution in [2.24, 2.45) is 7.05 Å². The number of carbonyl (C=O) groups is 1. The Morgan fingerprint density at radius 3 is 2.89 bits per heavy atom. The number of thiazole rings is 1. The maximum Gasteiger partial charge on any atom is 0.244 e. The Morgan fingerprint density at radius 2 is 2.14 bits per heavy atom. The SMILES string of the molecule is Cc1ccc(OCc2nc(CNC3CCN(c4cnn(C)c4)C3=O)cs2)cc1. The number of anilines is 1. The average Bonchev–Trinajstić information content (AvgIpc) is 3.40. The van der Waals surface area contributed by atoms with Crippen LogP contribution in [0.3, 0.4) is 0 Å². The number of carbonyl (C=O) groups excluding carboxylic acids is 1. The van der Waals surface area contributed by atoms with E-state index >= 15 is 0 Å². The van der Waals surface area contributed by atoms with E-state index in [-0.39, 0.29) is 11.9 Å². The summed E-state index contributed by atoms with van der Waals surface area (Å²) in [5.74, 6) is 0.929. The van der Waals surface area contributed by atoms with Crippen LogP contribution in [0.25, 0.3) is 0 Å². The van der Waals surface area contributed by atoms with Gasteiger partial charge in [-0.2, -0.15) is 5.10 Å². The summed E-state index contributed by atoms with van der Waals surface area (Å²) < 4.78 is 7.49. The Balaban J connectivity index is 1.27. The van der Waals surface area contributed by atoms with Crippen molar-refractivity contribution in [2.75, 3.05) is 11.4 Å². The Bertz CT molecular complexity index is 950. The number of amides is 1. The van der Waals surface area contributed by atoms with Gasteiger partial charge >= 0.3 is 0 Å². The Hall–Kier alpha value is -2.71. The zero-order valence-electron chi connectivity index (χ0n) is 16.0. The Kier molecular flexibility index (Phi) is 5.40. The van der Waals surface area contributed by atoms with Crippen LogP contribution in [0, 0.1) is 6.92 Å². The van der Waals surface area contributed by atoms with Crippen molar-refractivity contribution < 1.29 is 9.53 Å². The van der Waals surface area contributed by atoms with Crippen molar-refractivity contribution in [3.63, 3.8) is 0 Å². The molecule has 8 heteroatoms. The fourth-order valence-corrected chi connectivity index (χ4v) is 3.88. The van der Waals surface area contributed by atoms with Crippen LogP contribution in [0.5, 0.6) is 5.75 Å². The molecule has 146 valence electrons. The second kappa shape index (κ2) is 8.12. The Morgan fingerprint density at radius 1 is 1.32 bits per heavy atom. The predicted molar refractivity (Wildman–Crippen MR) is 108 cm³/mol. The molecule has 1 unspecified atom stereocenters. The van der Waals surface area contributed by atoms with Gasteiger partial charge < -0.3 is 15.0 Å². The highest BCUT2D eigenvalue weighted by molar-refractivity contribution is 7.09. The van der Waals surface area contributed by atoms with E-state index in [4.69, 9.17) is 4.74 Å². The van der Waals surface area contributed by atoms with Crippen molar-refractivity contribution in [2.45, 2.75) is 32.5 Å². The molecule has 7 nitrogen and oxygen atoms in total. The van der Waals surface area contributed by atoms with E-state index in [0.29, 0.717) is 19.7 Å². The van der Waals surface area contributed by atoms with Gasteiger partial charge in [0.15, 0.2) is 0 Å². The number of hydrogen-bond acceptors (Lipinski definition) is 6. The highest BCUT2D eigenvalue weighted by Gasteiger charge is 2.32. The van der Waals surface area contributed by atoms with Gasteiger partial charge in [-0.15, -0.1) is 11.3 Å². The zero-order chi connectivity index (χ0) is 19.5. The number of aryl methyl sites for hydroxylation is 2. The van der Waals surface area contributed by atoms with E-state index in [9.17, 15) is 4.79 Å². The summed E-state index contributed by atoms with van der Waals surface area (Å²) in [4.78, 5) is 19.0. The molecular weight excluding hydrogens is 374 g/mol. The molecule has 0 saturated carbocycles. The highest BCUT2D eigenvalue weighted by Crippen LogP contribution is 2.21. The summed E-state index contributed by atoms with van der Waals surface area (Å²) in [6.07, 6.45) is 4.36. The standard InChI is InChI=1S/C20H23N5O2S/c1-14-3-5-17(6-4-14)27-12-19-23-15(13-28-19)9-21-18-7-8-25(20(18)26)16-10-22-24(2)11-16/h3-6,10-11,13,18,21H,7-9,12H2,1-2H3. The topological polar surface area (TPSA) is 72.3 Å². The molecule has 0 aliphatic carbocycles. The van der Waals surface area contributed by atoms with Crippen LogP contribution < -0.4 is 15.0 Å². The van der Waals surface area contributed by atoms with Gasteiger partial charge in [-0.1, -0.05) is 17.7 Å². The summed E-state index contributed by atoms with van der Waals surface area (Å²) in [6.45, 7) is 3.77. The molecule has 28 heavy (non-hydrogen) atoms. The molecule has 0 bridgehead atoms. The Labute approximate surface area is 168 Å². The van der Waals surface area contributed by atoms with Crippen LogP contribution in [0.1, 0.15) is 22.7 Å². The lowest BCUT2D eigenvalue weighted by Gasteiger charge is -2.14. The number of aromatic nitrogens is 3. The highest BCUT2D eigenvalue weighted by atomic mass is 32.1. The second-order valence-electron chi connectivity index (χ2n) is 6.92. The third-order valence-corrected chi connectivity index (χ3v) is 5.59. The molecule has 3 aromatic rings. The van der Waals surface area contributed by atoms with Crippen LogP contribution in [0.15, 0.2) is 42.0 Å². The molecule has 2 aromatic heterocycles. The van der Waals surface area contributed by atoms with Crippen molar-refractivity contribution in [1.29, 1.82) is 0 Å². The molecule has 1 aromatic carbocycles. The number of nitrogens with one attached hydrogen (secondary N) is 1. The molecule has 1 fully saturated rings. The van der Waals surface area contributed by atoms with Crippen molar-refractivity contribution in [3.05, 3.63) is 58.3 Å². The zero-order valence-corrected chi connectivity index (χ0v) is 16.8. The van der Waals surface area contributed by atoms with E-state index in [1.165, 1.54) is 5.56 Å². The number of nitrogens with zero attached hydrogens (tertiary/aromatic N) is 4. The number of rotatable bonds is 7. The van der Waals surface area contributed by atoms with Crippen molar-refractivity contribution in [3.8, 4) is 5.75 Å². The quantitative estimate of drug-likeness (QED) is 0.664. The lowest BCUT2D eigenvalue weighted by molar-refractivity contribution is -0.118. The molecular formula is C20H23N5O2S. The van der Waals surface area contributed by atoms with Crippen LogP contribution in [0.2, 0.25) is 0 Å². The number of ether oxygens (including phenoxy) is 1. The van der Waals surface area contributed by atoms with Gasteiger partial charge in [0.1, 0.15) is 17.4 Å². The third-order valence-electron chi connectivity index (χ3n) is 4.72.